The van der Waals surface area contributed by atoms with E-state index in [1.807, 2.05) is 41.5 Å². The molecule has 0 unspecified atom stereocenters. The number of carboxylic acid groups (broad SMARTS) is 1. The average molecular weight is 380 g/mol. The Kier molecular flexibility index (Phi) is 7.92. The van der Waals surface area contributed by atoms with Gasteiger partial charge in [-0.15, -0.1) is 0 Å². The lowest BCUT2D eigenvalue weighted by Crippen LogP contribution is -2.50. The van der Waals surface area contributed by atoms with Crippen LogP contribution in [0.4, 0.5) is 0 Å². The van der Waals surface area contributed by atoms with Crippen molar-refractivity contribution in [3.05, 3.63) is 29.1 Å². The Bertz CT molecular complexity index is 660. The number of esters is 1. The summed E-state index contributed by atoms with van der Waals surface area (Å²) < 4.78 is 5.51. The average Bonchev–Trinajstić information content (AvgIpc) is 2.48. The first-order valence-corrected chi connectivity index (χ1v) is 9.18. The Hall–Kier alpha value is -1.99. The van der Waals surface area contributed by atoms with E-state index in [2.05, 4.69) is 15.6 Å². The van der Waals surface area contributed by atoms with Gasteiger partial charge in [0, 0.05) is 19.6 Å². The topological polar surface area (TPSA) is 101 Å². The molecule has 1 aromatic heterocycles. The SMILES string of the molecule is Cc1ccc(CNCCN[C@H](C(=O)OC(C)(C)C)C(C)(C)C)nc1C(=O)O. The zero-order valence-electron chi connectivity index (χ0n) is 17.5. The number of carbonyl (C=O) groups is 2. The summed E-state index contributed by atoms with van der Waals surface area (Å²) >= 11 is 0. The van der Waals surface area contributed by atoms with Gasteiger partial charge in [0.1, 0.15) is 11.6 Å². The molecule has 1 aromatic rings. The molecule has 0 radical (unpaired) electrons. The Labute approximate surface area is 161 Å². The molecule has 0 aliphatic heterocycles. The minimum Gasteiger partial charge on any atom is -0.477 e. The lowest BCUT2D eigenvalue weighted by atomic mass is 9.86. The monoisotopic (exact) mass is 379 g/mol. The highest BCUT2D eigenvalue weighted by Gasteiger charge is 2.34. The highest BCUT2D eigenvalue weighted by molar-refractivity contribution is 5.86. The van der Waals surface area contributed by atoms with Gasteiger partial charge < -0.3 is 20.5 Å². The summed E-state index contributed by atoms with van der Waals surface area (Å²) in [6, 6.07) is 3.14. The number of ether oxygens (including phenoxy) is 1. The maximum absolute atomic E-state index is 12.5. The Morgan fingerprint density at radius 1 is 1.15 bits per heavy atom. The molecule has 0 aliphatic rings. The second-order valence-electron chi connectivity index (χ2n) is 8.74. The highest BCUT2D eigenvalue weighted by atomic mass is 16.6. The van der Waals surface area contributed by atoms with Gasteiger partial charge in [0.15, 0.2) is 5.69 Å². The predicted octanol–water partition coefficient (Wildman–Crippen LogP) is 2.52. The van der Waals surface area contributed by atoms with E-state index in [0.29, 0.717) is 30.9 Å². The first kappa shape index (κ1) is 23.0. The first-order chi connectivity index (χ1) is 12.3. The van der Waals surface area contributed by atoms with E-state index in [1.54, 1.807) is 19.1 Å². The van der Waals surface area contributed by atoms with Crippen LogP contribution >= 0.6 is 0 Å². The quantitative estimate of drug-likeness (QED) is 0.471. The second-order valence-corrected chi connectivity index (χ2v) is 8.74. The molecule has 0 bridgehead atoms. The summed E-state index contributed by atoms with van der Waals surface area (Å²) in [7, 11) is 0. The lowest BCUT2D eigenvalue weighted by molar-refractivity contribution is -0.160. The highest BCUT2D eigenvalue weighted by Crippen LogP contribution is 2.22. The van der Waals surface area contributed by atoms with E-state index in [4.69, 9.17) is 9.84 Å². The predicted molar refractivity (Wildman–Crippen MR) is 105 cm³/mol. The lowest BCUT2D eigenvalue weighted by Gasteiger charge is -2.32. The number of rotatable bonds is 8. The molecule has 0 amide bonds. The number of nitrogens with zero attached hydrogens (tertiary/aromatic N) is 1. The van der Waals surface area contributed by atoms with E-state index < -0.39 is 17.6 Å². The summed E-state index contributed by atoms with van der Waals surface area (Å²) in [5.74, 6) is -1.29. The van der Waals surface area contributed by atoms with Crippen molar-refractivity contribution >= 4 is 11.9 Å². The van der Waals surface area contributed by atoms with Crippen LogP contribution in [0.5, 0.6) is 0 Å². The molecule has 1 rings (SSSR count). The first-order valence-electron chi connectivity index (χ1n) is 9.18. The molecule has 1 heterocycles. The normalized spacial score (nSPS) is 13.3. The number of hydrogen-bond acceptors (Lipinski definition) is 6. The fraction of sp³-hybridized carbons (Fsp3) is 0.650. The summed E-state index contributed by atoms with van der Waals surface area (Å²) in [5, 5.41) is 15.6. The van der Waals surface area contributed by atoms with Gasteiger partial charge in [-0.3, -0.25) is 4.79 Å². The number of aromatic nitrogens is 1. The minimum atomic E-state index is -1.03. The molecule has 0 aromatic carbocycles. The summed E-state index contributed by atoms with van der Waals surface area (Å²) in [5.41, 5.74) is 0.567. The van der Waals surface area contributed by atoms with Crippen LogP contribution in [0.3, 0.4) is 0 Å². The second kappa shape index (κ2) is 9.28. The van der Waals surface area contributed by atoms with Gasteiger partial charge in [0.05, 0.1) is 5.69 Å². The van der Waals surface area contributed by atoms with Gasteiger partial charge in [-0.25, -0.2) is 9.78 Å². The van der Waals surface area contributed by atoms with E-state index in [-0.39, 0.29) is 17.1 Å². The molecule has 27 heavy (non-hydrogen) atoms. The van der Waals surface area contributed by atoms with Crippen LogP contribution in [0.15, 0.2) is 12.1 Å². The van der Waals surface area contributed by atoms with Crippen LogP contribution in [0.25, 0.3) is 0 Å². The largest absolute Gasteiger partial charge is 0.477 e. The number of pyridine rings is 1. The molecule has 0 fully saturated rings. The maximum atomic E-state index is 12.5. The minimum absolute atomic E-state index is 0.0742. The zero-order chi connectivity index (χ0) is 20.8. The number of carbonyl (C=O) groups excluding carboxylic acids is 1. The van der Waals surface area contributed by atoms with Gasteiger partial charge in [-0.2, -0.15) is 0 Å². The molecule has 7 heteroatoms. The molecular formula is C20H33N3O4. The van der Waals surface area contributed by atoms with E-state index in [9.17, 15) is 9.59 Å². The molecule has 0 spiro atoms. The van der Waals surface area contributed by atoms with Crippen molar-refractivity contribution < 1.29 is 19.4 Å². The third-order valence-electron chi connectivity index (χ3n) is 3.82. The fourth-order valence-corrected chi connectivity index (χ4v) is 2.51. The summed E-state index contributed by atoms with van der Waals surface area (Å²) in [6.45, 7) is 14.9. The third-order valence-corrected chi connectivity index (χ3v) is 3.82. The van der Waals surface area contributed by atoms with Gasteiger partial charge in [-0.05, 0) is 44.7 Å². The van der Waals surface area contributed by atoms with Gasteiger partial charge in [0.2, 0.25) is 0 Å². The number of carboxylic acids is 1. The van der Waals surface area contributed by atoms with Crippen molar-refractivity contribution in [3.8, 4) is 0 Å². The van der Waals surface area contributed by atoms with Gasteiger partial charge in [-0.1, -0.05) is 26.8 Å². The Morgan fingerprint density at radius 2 is 1.78 bits per heavy atom. The van der Waals surface area contributed by atoms with Crippen LogP contribution < -0.4 is 10.6 Å². The van der Waals surface area contributed by atoms with E-state index in [1.165, 1.54) is 0 Å². The number of aromatic carboxylic acids is 1. The van der Waals surface area contributed by atoms with Crippen LogP contribution in [-0.2, 0) is 16.1 Å². The maximum Gasteiger partial charge on any atom is 0.354 e. The van der Waals surface area contributed by atoms with Crippen LogP contribution in [0.1, 0.15) is 63.3 Å². The number of aryl methyl sites for hydroxylation is 1. The molecule has 3 N–H and O–H groups in total. The van der Waals surface area contributed by atoms with Crippen molar-refractivity contribution in [1.29, 1.82) is 0 Å². The van der Waals surface area contributed by atoms with E-state index in [0.717, 1.165) is 0 Å². The molecule has 7 nitrogen and oxygen atoms in total. The molecule has 1 atom stereocenters. The number of nitrogens with one attached hydrogen (secondary N) is 2. The van der Waals surface area contributed by atoms with Crippen molar-refractivity contribution in [2.24, 2.45) is 5.41 Å². The van der Waals surface area contributed by atoms with Gasteiger partial charge >= 0.3 is 11.9 Å². The Morgan fingerprint density at radius 3 is 2.30 bits per heavy atom. The van der Waals surface area contributed by atoms with Crippen LogP contribution in [0.2, 0.25) is 0 Å². The zero-order valence-corrected chi connectivity index (χ0v) is 17.5. The van der Waals surface area contributed by atoms with Crippen molar-refractivity contribution in [1.82, 2.24) is 15.6 Å². The molecule has 0 saturated heterocycles. The molecule has 0 saturated carbocycles. The smallest absolute Gasteiger partial charge is 0.354 e. The van der Waals surface area contributed by atoms with Crippen LogP contribution in [-0.4, -0.2) is 46.8 Å². The van der Waals surface area contributed by atoms with Crippen molar-refractivity contribution in [3.63, 3.8) is 0 Å². The van der Waals surface area contributed by atoms with E-state index >= 15 is 0 Å². The Balaban J connectivity index is 2.54. The summed E-state index contributed by atoms with van der Waals surface area (Å²) in [6.07, 6.45) is 0. The molecular weight excluding hydrogens is 346 g/mol. The molecule has 0 aliphatic carbocycles. The van der Waals surface area contributed by atoms with Crippen molar-refractivity contribution in [2.75, 3.05) is 13.1 Å². The third kappa shape index (κ3) is 8.05. The number of hydrogen-bond donors (Lipinski definition) is 3. The van der Waals surface area contributed by atoms with Crippen LogP contribution in [0, 0.1) is 12.3 Å². The fourth-order valence-electron chi connectivity index (χ4n) is 2.51. The van der Waals surface area contributed by atoms with Crippen molar-refractivity contribution in [2.45, 2.75) is 66.7 Å². The molecule has 152 valence electrons. The van der Waals surface area contributed by atoms with Gasteiger partial charge in [0.25, 0.3) is 0 Å². The standard InChI is InChI=1S/C20H33N3O4/c1-13-8-9-14(23-15(13)17(24)25)12-21-10-11-22-16(19(2,3)4)18(26)27-20(5,6)7/h8-9,16,21-22H,10-12H2,1-7H3,(H,24,25)/t16-/m1/s1. The summed E-state index contributed by atoms with van der Waals surface area (Å²) in [4.78, 5) is 27.8.